The van der Waals surface area contributed by atoms with E-state index in [0.717, 1.165) is 73.7 Å². The molecule has 5 rings (SSSR count). The number of nitrogens with zero attached hydrogens (tertiary/aromatic N) is 5. The van der Waals surface area contributed by atoms with Crippen LogP contribution in [0.2, 0.25) is 0 Å². The van der Waals surface area contributed by atoms with E-state index in [0.29, 0.717) is 17.9 Å². The third-order valence-corrected chi connectivity index (χ3v) is 6.41. The van der Waals surface area contributed by atoms with Crippen molar-refractivity contribution >= 4 is 33.5 Å². The monoisotopic (exact) mass is 415 g/mol. The maximum atomic E-state index is 6.33. The lowest BCUT2D eigenvalue weighted by Crippen LogP contribution is -2.46. The molecule has 1 saturated carbocycles. The van der Waals surface area contributed by atoms with Crippen molar-refractivity contribution in [3.8, 4) is 5.88 Å². The Balaban J connectivity index is 1.28. The highest BCUT2D eigenvalue weighted by atomic mass is 32.1. The van der Waals surface area contributed by atoms with Crippen molar-refractivity contribution in [2.45, 2.75) is 44.8 Å². The van der Waals surface area contributed by atoms with Gasteiger partial charge in [0.1, 0.15) is 22.1 Å². The highest BCUT2D eigenvalue weighted by molar-refractivity contribution is 7.10. The average Bonchev–Trinajstić information content (AvgIpc) is 3.38. The van der Waals surface area contributed by atoms with Crippen LogP contribution in [0.1, 0.15) is 31.4 Å². The van der Waals surface area contributed by atoms with Crippen molar-refractivity contribution in [1.82, 2.24) is 29.4 Å². The van der Waals surface area contributed by atoms with Crippen LogP contribution in [-0.2, 0) is 4.74 Å². The highest BCUT2D eigenvalue weighted by Crippen LogP contribution is 2.30. The molecule has 0 atom stereocenters. The first kappa shape index (κ1) is 18.7. The van der Waals surface area contributed by atoms with Gasteiger partial charge < -0.3 is 14.8 Å². The lowest BCUT2D eigenvalue weighted by molar-refractivity contribution is -0.00126. The summed E-state index contributed by atoms with van der Waals surface area (Å²) in [5, 5.41) is 11.2. The summed E-state index contributed by atoms with van der Waals surface area (Å²) in [5.41, 5.74) is 2.45. The molecule has 1 aliphatic heterocycles. The van der Waals surface area contributed by atoms with Crippen LogP contribution >= 0.6 is 11.5 Å². The van der Waals surface area contributed by atoms with E-state index in [1.165, 1.54) is 11.5 Å². The predicted octanol–water partition coefficient (Wildman–Crippen LogP) is 2.88. The second kappa shape index (κ2) is 8.21. The molecule has 1 aliphatic carbocycles. The zero-order valence-electron chi connectivity index (χ0n) is 16.4. The van der Waals surface area contributed by atoms with Crippen molar-refractivity contribution in [2.24, 2.45) is 0 Å². The normalized spacial score (nSPS) is 23.3. The molecule has 0 unspecified atom stereocenters. The maximum absolute atomic E-state index is 6.33. The Hall–Kier alpha value is -2.30. The van der Waals surface area contributed by atoms with Gasteiger partial charge in [0.15, 0.2) is 0 Å². The fourth-order valence-electron chi connectivity index (χ4n) is 4.12. The van der Waals surface area contributed by atoms with Gasteiger partial charge >= 0.3 is 0 Å². The Labute approximate surface area is 173 Å². The number of anilines is 2. The first-order valence-electron chi connectivity index (χ1n) is 10.1. The molecule has 0 bridgehead atoms. The summed E-state index contributed by atoms with van der Waals surface area (Å²) in [6.07, 6.45) is 6.20. The van der Waals surface area contributed by atoms with Gasteiger partial charge in [-0.25, -0.2) is 4.98 Å². The van der Waals surface area contributed by atoms with Crippen molar-refractivity contribution in [3.05, 3.63) is 18.0 Å². The van der Waals surface area contributed by atoms with Crippen LogP contribution in [0.25, 0.3) is 11.0 Å². The third-order valence-electron chi connectivity index (χ3n) is 5.61. The molecule has 10 heteroatoms. The molecule has 154 valence electrons. The van der Waals surface area contributed by atoms with Crippen molar-refractivity contribution in [1.29, 1.82) is 0 Å². The second-order valence-corrected chi connectivity index (χ2v) is 8.44. The number of aromatic amines is 1. The second-order valence-electron chi connectivity index (χ2n) is 7.64. The number of H-pyrrole nitrogens is 1. The van der Waals surface area contributed by atoms with Crippen molar-refractivity contribution in [3.63, 3.8) is 0 Å². The number of ether oxygens (including phenoxy) is 2. The topological polar surface area (TPSA) is 101 Å². The summed E-state index contributed by atoms with van der Waals surface area (Å²) in [6, 6.07) is 2.62. The molecule has 0 amide bonds. The number of hydrogen-bond donors (Lipinski definition) is 2. The SMILES string of the molecule is Cc1cc(Nc2nc(OC3CCC(N4CCOCC4)CC3)c3[nH]ncc3n2)sn1. The minimum absolute atomic E-state index is 0.159. The molecule has 1 saturated heterocycles. The zero-order chi connectivity index (χ0) is 19.6. The lowest BCUT2D eigenvalue weighted by Gasteiger charge is -2.38. The summed E-state index contributed by atoms with van der Waals surface area (Å²) in [4.78, 5) is 11.7. The molecule has 3 aromatic heterocycles. The standard InChI is InChI=1S/C19H25N7O2S/c1-12-10-16(29-25-12)22-19-21-15-11-20-24-17(15)18(23-19)28-14-4-2-13(3-5-14)26-6-8-27-9-7-26/h10-11,13-14H,2-9H2,1H3,(H,20,24)(H,21,22,23). The van der Waals surface area contributed by atoms with Gasteiger partial charge in [0, 0.05) is 19.1 Å². The van der Waals surface area contributed by atoms with Crippen LogP contribution in [0.3, 0.4) is 0 Å². The van der Waals surface area contributed by atoms with Gasteiger partial charge in [0.2, 0.25) is 11.8 Å². The molecular formula is C19H25N7O2S. The van der Waals surface area contributed by atoms with Gasteiger partial charge in [-0.15, -0.1) is 0 Å². The summed E-state index contributed by atoms with van der Waals surface area (Å²) in [5.74, 6) is 1.06. The predicted molar refractivity (Wildman–Crippen MR) is 111 cm³/mol. The lowest BCUT2D eigenvalue weighted by atomic mass is 9.91. The van der Waals surface area contributed by atoms with E-state index in [1.807, 2.05) is 13.0 Å². The van der Waals surface area contributed by atoms with E-state index in [-0.39, 0.29) is 6.10 Å². The van der Waals surface area contributed by atoms with Crippen LogP contribution in [0.5, 0.6) is 5.88 Å². The Bertz CT molecular complexity index is 961. The first-order chi connectivity index (χ1) is 14.2. The largest absolute Gasteiger partial charge is 0.473 e. The number of fused-ring (bicyclic) bond motifs is 1. The summed E-state index contributed by atoms with van der Waals surface area (Å²) in [7, 11) is 0. The fourth-order valence-corrected chi connectivity index (χ4v) is 4.77. The third kappa shape index (κ3) is 4.19. The van der Waals surface area contributed by atoms with Crippen LogP contribution in [0.4, 0.5) is 10.9 Å². The quantitative estimate of drug-likeness (QED) is 0.656. The fraction of sp³-hybridized carbons (Fsp3) is 0.579. The van der Waals surface area contributed by atoms with E-state index in [9.17, 15) is 0 Å². The maximum Gasteiger partial charge on any atom is 0.245 e. The minimum Gasteiger partial charge on any atom is -0.473 e. The van der Waals surface area contributed by atoms with Gasteiger partial charge in [-0.2, -0.15) is 14.5 Å². The number of aromatic nitrogens is 5. The summed E-state index contributed by atoms with van der Waals surface area (Å²) < 4.78 is 16.1. The average molecular weight is 416 g/mol. The minimum atomic E-state index is 0.159. The molecule has 2 fully saturated rings. The van der Waals surface area contributed by atoms with Gasteiger partial charge in [-0.1, -0.05) is 0 Å². The molecule has 4 heterocycles. The number of nitrogens with one attached hydrogen (secondary N) is 2. The van der Waals surface area contributed by atoms with E-state index in [4.69, 9.17) is 9.47 Å². The van der Waals surface area contributed by atoms with Gasteiger partial charge in [-0.05, 0) is 50.2 Å². The zero-order valence-corrected chi connectivity index (χ0v) is 17.2. The first-order valence-corrected chi connectivity index (χ1v) is 10.9. The summed E-state index contributed by atoms with van der Waals surface area (Å²) >= 11 is 1.39. The van der Waals surface area contributed by atoms with E-state index in [1.54, 1.807) is 6.20 Å². The summed E-state index contributed by atoms with van der Waals surface area (Å²) in [6.45, 7) is 5.75. The molecule has 0 aromatic carbocycles. The van der Waals surface area contributed by atoms with Crippen molar-refractivity contribution in [2.75, 3.05) is 31.6 Å². The van der Waals surface area contributed by atoms with Gasteiger partial charge in [0.05, 0.1) is 25.1 Å². The van der Waals surface area contributed by atoms with Crippen LogP contribution < -0.4 is 10.1 Å². The number of aryl methyl sites for hydroxylation is 1. The van der Waals surface area contributed by atoms with E-state index in [2.05, 4.69) is 34.8 Å². The highest BCUT2D eigenvalue weighted by Gasteiger charge is 2.28. The smallest absolute Gasteiger partial charge is 0.245 e. The van der Waals surface area contributed by atoms with Crippen LogP contribution in [0, 0.1) is 6.92 Å². The number of morpholine rings is 1. The number of hydrogen-bond acceptors (Lipinski definition) is 9. The van der Waals surface area contributed by atoms with Crippen molar-refractivity contribution < 1.29 is 9.47 Å². The van der Waals surface area contributed by atoms with E-state index >= 15 is 0 Å². The van der Waals surface area contributed by atoms with E-state index < -0.39 is 0 Å². The molecule has 2 N–H and O–H groups in total. The van der Waals surface area contributed by atoms with Gasteiger partial charge in [0.25, 0.3) is 0 Å². The molecule has 0 spiro atoms. The molecule has 3 aromatic rings. The Kier molecular flexibility index (Phi) is 5.30. The van der Waals surface area contributed by atoms with Crippen LogP contribution in [0.15, 0.2) is 12.3 Å². The molecule has 2 aliphatic rings. The Morgan fingerprint density at radius 3 is 2.79 bits per heavy atom. The molecular weight excluding hydrogens is 390 g/mol. The Morgan fingerprint density at radius 2 is 2.03 bits per heavy atom. The number of rotatable bonds is 5. The molecule has 0 radical (unpaired) electrons. The Morgan fingerprint density at radius 1 is 1.21 bits per heavy atom. The van der Waals surface area contributed by atoms with Crippen LogP contribution in [-0.4, -0.2) is 67.9 Å². The van der Waals surface area contributed by atoms with Gasteiger partial charge in [-0.3, -0.25) is 10.00 Å². The molecule has 29 heavy (non-hydrogen) atoms. The molecule has 9 nitrogen and oxygen atoms in total.